The maximum atomic E-state index is 14.5. The highest BCUT2D eigenvalue weighted by Crippen LogP contribution is 2.54. The van der Waals surface area contributed by atoms with Gasteiger partial charge < -0.3 is 23.9 Å². The number of hydrogen-bond acceptors (Lipinski definition) is 5. The molecule has 2 aromatic heterocycles. The van der Waals surface area contributed by atoms with E-state index in [1.54, 1.807) is 19.2 Å². The van der Waals surface area contributed by atoms with E-state index in [9.17, 15) is 9.59 Å². The number of nitrogens with zero attached hydrogens (tertiary/aromatic N) is 3. The molecule has 1 fully saturated rings. The van der Waals surface area contributed by atoms with Crippen LogP contribution in [0.5, 0.6) is 0 Å². The van der Waals surface area contributed by atoms with Gasteiger partial charge in [0.05, 0.1) is 34.2 Å². The van der Waals surface area contributed by atoms with Gasteiger partial charge in [-0.1, -0.05) is 54.6 Å². The molecule has 8 nitrogen and oxygen atoms in total. The van der Waals surface area contributed by atoms with Gasteiger partial charge in [0.15, 0.2) is 5.72 Å². The highest BCUT2D eigenvalue weighted by atomic mass is 16.6. The van der Waals surface area contributed by atoms with Gasteiger partial charge in [0.1, 0.15) is 12.3 Å². The number of imide groups is 1. The molecule has 0 aliphatic carbocycles. The van der Waals surface area contributed by atoms with E-state index in [4.69, 9.17) is 9.47 Å². The van der Waals surface area contributed by atoms with Crippen molar-refractivity contribution in [2.45, 2.75) is 44.0 Å². The monoisotopic (exact) mass is 570 g/mol. The number of methoxy groups -OCH3 is 1. The molecule has 8 heteroatoms. The number of hydrogen-bond donors (Lipinski definition) is 1. The quantitative estimate of drug-likeness (QED) is 0.268. The number of ether oxygens (including phenoxy) is 2. The Morgan fingerprint density at radius 3 is 2.33 bits per heavy atom. The second kappa shape index (κ2) is 8.54. The van der Waals surface area contributed by atoms with Gasteiger partial charge in [0.25, 0.3) is 11.8 Å². The maximum Gasteiger partial charge on any atom is 0.262 e. The number of carbonyl (C=O) groups excluding carboxylic acids is 2. The predicted octanol–water partition coefficient (Wildman–Crippen LogP) is 5.91. The SMILES string of the molecule is CN[C@@H]1C[C@H]2O[C@@](C)([C@@H]1OC)n1c3ccccc3c3c4c(c5c6ccccc6n2c5c31)C(=O)N(C(=O)c1ccccc1)C4. The van der Waals surface area contributed by atoms with Crippen molar-refractivity contribution in [2.24, 2.45) is 0 Å². The summed E-state index contributed by atoms with van der Waals surface area (Å²) in [5.41, 5.74) is 5.12. The Labute approximate surface area is 247 Å². The lowest BCUT2D eigenvalue weighted by Gasteiger charge is -2.48. The van der Waals surface area contributed by atoms with Crippen LogP contribution < -0.4 is 5.32 Å². The normalized spacial score (nSPS) is 24.5. The summed E-state index contributed by atoms with van der Waals surface area (Å²) < 4.78 is 18.0. The van der Waals surface area contributed by atoms with E-state index in [1.807, 2.05) is 49.5 Å². The minimum atomic E-state index is -0.865. The largest absolute Gasteiger partial charge is 0.375 e. The minimum absolute atomic E-state index is 0.0166. The van der Waals surface area contributed by atoms with Gasteiger partial charge >= 0.3 is 0 Å². The van der Waals surface area contributed by atoms with Crippen LogP contribution in [0.4, 0.5) is 0 Å². The van der Waals surface area contributed by atoms with E-state index in [0.29, 0.717) is 17.5 Å². The number of likely N-dealkylation sites (N-methyl/N-ethyl adjacent to an activating group) is 1. The van der Waals surface area contributed by atoms with E-state index in [0.717, 1.165) is 49.2 Å². The summed E-state index contributed by atoms with van der Waals surface area (Å²) in [5, 5.41) is 7.40. The molecule has 4 atom stereocenters. The summed E-state index contributed by atoms with van der Waals surface area (Å²) in [6.45, 7) is 2.32. The van der Waals surface area contributed by atoms with Gasteiger partial charge in [-0.25, -0.2) is 0 Å². The summed E-state index contributed by atoms with van der Waals surface area (Å²) in [7, 11) is 3.72. The minimum Gasteiger partial charge on any atom is -0.375 e. The topological polar surface area (TPSA) is 77.7 Å². The summed E-state index contributed by atoms with van der Waals surface area (Å²) in [5.74, 6) is -0.543. The smallest absolute Gasteiger partial charge is 0.262 e. The first-order valence-corrected chi connectivity index (χ1v) is 14.8. The Balaban J connectivity index is 1.48. The molecule has 214 valence electrons. The summed E-state index contributed by atoms with van der Waals surface area (Å²) in [6, 6.07) is 25.6. The van der Waals surface area contributed by atoms with Gasteiger partial charge in [-0.2, -0.15) is 0 Å². The molecule has 0 saturated carbocycles. The van der Waals surface area contributed by atoms with Gasteiger partial charge in [0, 0.05) is 46.7 Å². The van der Waals surface area contributed by atoms with E-state index in [1.165, 1.54) is 4.90 Å². The lowest BCUT2D eigenvalue weighted by Crippen LogP contribution is -2.59. The fourth-order valence-corrected chi connectivity index (χ4v) is 8.31. The molecule has 0 unspecified atom stereocenters. The Morgan fingerprint density at radius 2 is 1.60 bits per heavy atom. The van der Waals surface area contributed by atoms with Crippen molar-refractivity contribution in [2.75, 3.05) is 14.2 Å². The first-order valence-electron chi connectivity index (χ1n) is 14.8. The van der Waals surface area contributed by atoms with Crippen LogP contribution in [-0.4, -0.2) is 52.2 Å². The van der Waals surface area contributed by atoms with Crippen molar-refractivity contribution in [3.63, 3.8) is 0 Å². The number of para-hydroxylation sites is 2. The third-order valence-corrected chi connectivity index (χ3v) is 9.98. The van der Waals surface area contributed by atoms with Crippen molar-refractivity contribution in [3.8, 4) is 0 Å². The molecular formula is C35H30N4O4. The van der Waals surface area contributed by atoms with Crippen LogP contribution in [0.25, 0.3) is 43.6 Å². The molecule has 1 N–H and O–H groups in total. The second-order valence-corrected chi connectivity index (χ2v) is 12.0. The Kier molecular flexibility index (Phi) is 4.97. The number of nitrogens with one attached hydrogen (secondary N) is 1. The van der Waals surface area contributed by atoms with Gasteiger partial charge in [-0.05, 0) is 43.8 Å². The average Bonchev–Trinajstić information content (AvgIpc) is 3.66. The van der Waals surface area contributed by atoms with E-state index < -0.39 is 5.72 Å². The van der Waals surface area contributed by atoms with Crippen molar-refractivity contribution in [1.29, 1.82) is 0 Å². The summed E-state index contributed by atoms with van der Waals surface area (Å²) in [4.78, 5) is 29.7. The molecule has 0 spiro atoms. The van der Waals surface area contributed by atoms with Crippen LogP contribution in [0, 0.1) is 0 Å². The molecule has 3 aliphatic heterocycles. The number of fused-ring (bicyclic) bond motifs is 13. The zero-order chi connectivity index (χ0) is 29.2. The number of carbonyl (C=O) groups is 2. The molecule has 5 heterocycles. The van der Waals surface area contributed by atoms with Crippen molar-refractivity contribution in [3.05, 3.63) is 95.6 Å². The lowest BCUT2D eigenvalue weighted by molar-refractivity contribution is -0.256. The highest BCUT2D eigenvalue weighted by Gasteiger charge is 2.53. The van der Waals surface area contributed by atoms with Crippen LogP contribution in [0.3, 0.4) is 0 Å². The summed E-state index contributed by atoms with van der Waals surface area (Å²) >= 11 is 0. The third-order valence-electron chi connectivity index (χ3n) is 9.98. The molecular weight excluding hydrogens is 540 g/mol. The van der Waals surface area contributed by atoms with Gasteiger partial charge in [0.2, 0.25) is 0 Å². The molecule has 1 saturated heterocycles. The Hall–Kier alpha value is -4.50. The van der Waals surface area contributed by atoms with E-state index in [2.05, 4.69) is 45.6 Å². The van der Waals surface area contributed by atoms with E-state index in [-0.39, 0.29) is 36.7 Å². The lowest BCUT2D eigenvalue weighted by atomic mass is 9.93. The highest BCUT2D eigenvalue weighted by molar-refractivity contribution is 6.32. The third kappa shape index (κ3) is 2.95. The molecule has 2 bridgehead atoms. The first-order chi connectivity index (χ1) is 21.0. The number of rotatable bonds is 3. The summed E-state index contributed by atoms with van der Waals surface area (Å²) in [6.07, 6.45) is 0.0890. The molecule has 4 aromatic carbocycles. The standard InChI is InChI=1S/C35H30N4O4/c1-35-32(42-3)23(36-2)17-26(43-35)38-24-15-9-7-13-20(24)28-29-22(18-37(34(29)41)33(40)19-11-5-4-6-12-19)27-21-14-8-10-16-25(21)39(35)31(27)30(28)38/h4-16,23,26,32,36H,17-18H2,1-3H3/t23-,26-,32-,35+/m1/s1. The van der Waals surface area contributed by atoms with Crippen LogP contribution in [-0.2, 0) is 21.7 Å². The van der Waals surface area contributed by atoms with Crippen molar-refractivity contribution in [1.82, 2.24) is 19.4 Å². The maximum absolute atomic E-state index is 14.5. The van der Waals surface area contributed by atoms with Crippen LogP contribution >= 0.6 is 0 Å². The molecule has 9 rings (SSSR count). The van der Waals surface area contributed by atoms with Crippen LogP contribution in [0.15, 0.2) is 78.9 Å². The fraction of sp³-hybridized carbons (Fsp3) is 0.257. The van der Waals surface area contributed by atoms with E-state index >= 15 is 0 Å². The average molecular weight is 571 g/mol. The number of aromatic nitrogens is 2. The van der Waals surface area contributed by atoms with Gasteiger partial charge in [-0.15, -0.1) is 0 Å². The number of benzene rings is 4. The fourth-order valence-electron chi connectivity index (χ4n) is 8.31. The second-order valence-electron chi connectivity index (χ2n) is 12.0. The van der Waals surface area contributed by atoms with Gasteiger partial charge in [-0.3, -0.25) is 14.5 Å². The van der Waals surface area contributed by atoms with Crippen LogP contribution in [0.2, 0.25) is 0 Å². The molecule has 3 aliphatic rings. The molecule has 0 radical (unpaired) electrons. The Morgan fingerprint density at radius 1 is 0.930 bits per heavy atom. The predicted molar refractivity (Wildman–Crippen MR) is 165 cm³/mol. The van der Waals surface area contributed by atoms with Crippen molar-refractivity contribution >= 4 is 55.4 Å². The first kappa shape index (κ1) is 25.0. The zero-order valence-electron chi connectivity index (χ0n) is 24.1. The number of amides is 2. The Bertz CT molecular complexity index is 2180. The zero-order valence-corrected chi connectivity index (χ0v) is 24.1. The van der Waals surface area contributed by atoms with Crippen LogP contribution in [0.1, 0.15) is 45.9 Å². The molecule has 43 heavy (non-hydrogen) atoms. The molecule has 2 amide bonds. The van der Waals surface area contributed by atoms with Crippen molar-refractivity contribution < 1.29 is 19.1 Å². The molecule has 6 aromatic rings.